The molecule has 1 aliphatic heterocycles. The van der Waals surface area contributed by atoms with E-state index in [2.05, 4.69) is 20.3 Å². The molecule has 2 aromatic carbocycles. The number of H-pyrrole nitrogens is 1. The van der Waals surface area contributed by atoms with E-state index in [0.29, 0.717) is 22.4 Å². The highest BCUT2D eigenvalue weighted by molar-refractivity contribution is 5.83. The molecule has 0 unspecified atom stereocenters. The van der Waals surface area contributed by atoms with Crippen molar-refractivity contribution in [2.45, 2.75) is 32.4 Å². The number of hydrogen-bond acceptors (Lipinski definition) is 6. The summed E-state index contributed by atoms with van der Waals surface area (Å²) in [6.07, 6.45) is 6.46. The van der Waals surface area contributed by atoms with Gasteiger partial charge in [-0.25, -0.2) is 18.7 Å². The SMILES string of the molecule is COc1cc(C)c(F)c(N(Cc2ncc[nH]2)c2ccc3ncn(C4CCNCC4)c(=O)c3c2)c1F. The quantitative estimate of drug-likeness (QED) is 0.434. The fourth-order valence-electron chi connectivity index (χ4n) is 4.58. The minimum absolute atomic E-state index is 0.0434. The van der Waals surface area contributed by atoms with Gasteiger partial charge in [-0.1, -0.05) is 0 Å². The summed E-state index contributed by atoms with van der Waals surface area (Å²) < 4.78 is 37.7. The minimum atomic E-state index is -0.833. The van der Waals surface area contributed by atoms with Gasteiger partial charge in [0.2, 0.25) is 0 Å². The van der Waals surface area contributed by atoms with Crippen LogP contribution in [0.3, 0.4) is 0 Å². The zero-order valence-corrected chi connectivity index (χ0v) is 19.5. The Kier molecular flexibility index (Phi) is 6.21. The van der Waals surface area contributed by atoms with Crippen LogP contribution in [0.15, 0.2) is 47.8 Å². The number of hydrogen-bond donors (Lipinski definition) is 2. The number of aryl methyl sites for hydroxylation is 1. The summed E-state index contributed by atoms with van der Waals surface area (Å²) in [7, 11) is 1.33. The molecular weight excluding hydrogens is 454 g/mol. The van der Waals surface area contributed by atoms with Crippen LogP contribution in [-0.2, 0) is 6.54 Å². The van der Waals surface area contributed by atoms with Crippen LogP contribution < -0.4 is 20.5 Å². The van der Waals surface area contributed by atoms with Gasteiger partial charge >= 0.3 is 0 Å². The molecule has 1 fully saturated rings. The Labute approximate surface area is 200 Å². The number of nitrogens with one attached hydrogen (secondary N) is 2. The second-order valence-corrected chi connectivity index (χ2v) is 8.63. The zero-order chi connectivity index (χ0) is 24.5. The summed E-state index contributed by atoms with van der Waals surface area (Å²) in [5, 5.41) is 3.68. The maximum atomic E-state index is 15.5. The lowest BCUT2D eigenvalue weighted by Gasteiger charge is -2.27. The molecule has 2 N–H and O–H groups in total. The lowest BCUT2D eigenvalue weighted by molar-refractivity contribution is 0.359. The van der Waals surface area contributed by atoms with Crippen molar-refractivity contribution in [1.29, 1.82) is 0 Å². The van der Waals surface area contributed by atoms with Crippen molar-refractivity contribution >= 4 is 22.3 Å². The number of methoxy groups -OCH3 is 1. The van der Waals surface area contributed by atoms with Crippen LogP contribution in [0.25, 0.3) is 10.9 Å². The van der Waals surface area contributed by atoms with Gasteiger partial charge in [0.25, 0.3) is 5.56 Å². The molecule has 5 rings (SSSR count). The Morgan fingerprint density at radius 3 is 2.69 bits per heavy atom. The summed E-state index contributed by atoms with van der Waals surface area (Å²) in [5.74, 6) is -1.12. The van der Waals surface area contributed by atoms with Crippen LogP contribution in [0.1, 0.15) is 30.3 Å². The molecule has 182 valence electrons. The van der Waals surface area contributed by atoms with E-state index in [1.54, 1.807) is 48.4 Å². The Balaban J connectivity index is 1.68. The average molecular weight is 481 g/mol. The smallest absolute Gasteiger partial charge is 0.261 e. The van der Waals surface area contributed by atoms with Crippen LogP contribution in [0, 0.1) is 18.6 Å². The number of anilines is 2. The largest absolute Gasteiger partial charge is 0.494 e. The first-order valence-corrected chi connectivity index (χ1v) is 11.5. The third-order valence-corrected chi connectivity index (χ3v) is 6.46. The van der Waals surface area contributed by atoms with Crippen LogP contribution >= 0.6 is 0 Å². The number of aromatic amines is 1. The molecule has 3 heterocycles. The molecule has 1 saturated heterocycles. The highest BCUT2D eigenvalue weighted by Gasteiger charge is 2.26. The van der Waals surface area contributed by atoms with Gasteiger partial charge in [0.05, 0.1) is 30.9 Å². The molecule has 0 amide bonds. The normalized spacial score (nSPS) is 14.4. The van der Waals surface area contributed by atoms with E-state index < -0.39 is 11.6 Å². The van der Waals surface area contributed by atoms with Crippen molar-refractivity contribution in [2.75, 3.05) is 25.1 Å². The summed E-state index contributed by atoms with van der Waals surface area (Å²) in [4.78, 5) is 26.6. The number of benzene rings is 2. The number of halogens is 2. The van der Waals surface area contributed by atoms with E-state index in [9.17, 15) is 4.79 Å². The fourth-order valence-corrected chi connectivity index (χ4v) is 4.58. The van der Waals surface area contributed by atoms with Crippen LogP contribution in [-0.4, -0.2) is 39.7 Å². The molecular formula is C25H26F2N6O2. The molecule has 4 aromatic rings. The van der Waals surface area contributed by atoms with E-state index in [-0.39, 0.29) is 35.1 Å². The molecule has 35 heavy (non-hydrogen) atoms. The second-order valence-electron chi connectivity index (χ2n) is 8.63. The predicted octanol–water partition coefficient (Wildman–Crippen LogP) is 3.98. The number of aromatic nitrogens is 4. The molecule has 0 radical (unpaired) electrons. The first-order chi connectivity index (χ1) is 17.0. The number of piperidine rings is 1. The van der Waals surface area contributed by atoms with Crippen LogP contribution in [0.4, 0.5) is 20.2 Å². The van der Waals surface area contributed by atoms with Gasteiger partial charge in [-0.05, 0) is 62.7 Å². The number of fused-ring (bicyclic) bond motifs is 1. The molecule has 0 atom stereocenters. The zero-order valence-electron chi connectivity index (χ0n) is 19.5. The van der Waals surface area contributed by atoms with E-state index in [0.717, 1.165) is 25.9 Å². The Bertz CT molecular complexity index is 1410. The summed E-state index contributed by atoms with van der Waals surface area (Å²) in [6.45, 7) is 3.26. The van der Waals surface area contributed by atoms with Gasteiger partial charge in [-0.2, -0.15) is 0 Å². The first kappa shape index (κ1) is 23.0. The lowest BCUT2D eigenvalue weighted by Crippen LogP contribution is -2.34. The summed E-state index contributed by atoms with van der Waals surface area (Å²) in [6, 6.07) is 6.40. The molecule has 0 saturated carbocycles. The van der Waals surface area contributed by atoms with Crippen molar-refractivity contribution < 1.29 is 13.5 Å². The molecule has 0 bridgehead atoms. The number of imidazole rings is 1. The highest BCUT2D eigenvalue weighted by Crippen LogP contribution is 2.38. The van der Waals surface area contributed by atoms with Crippen LogP contribution in [0.5, 0.6) is 5.75 Å². The van der Waals surface area contributed by atoms with Crippen molar-refractivity contribution in [1.82, 2.24) is 24.8 Å². The predicted molar refractivity (Wildman–Crippen MR) is 129 cm³/mol. The Hall–Kier alpha value is -3.79. The molecule has 2 aromatic heterocycles. The van der Waals surface area contributed by atoms with Crippen molar-refractivity contribution in [3.05, 3.63) is 76.4 Å². The van der Waals surface area contributed by atoms with Gasteiger partial charge in [0.1, 0.15) is 11.5 Å². The summed E-state index contributed by atoms with van der Waals surface area (Å²) in [5.41, 5.74) is 0.731. The number of rotatable bonds is 6. The minimum Gasteiger partial charge on any atom is -0.494 e. The molecule has 10 heteroatoms. The second kappa shape index (κ2) is 9.46. The van der Waals surface area contributed by atoms with E-state index >= 15 is 8.78 Å². The fraction of sp³-hybridized carbons (Fsp3) is 0.320. The van der Waals surface area contributed by atoms with Crippen molar-refractivity contribution in [3.63, 3.8) is 0 Å². The van der Waals surface area contributed by atoms with Crippen molar-refractivity contribution in [3.8, 4) is 5.75 Å². The standard InChI is InChI=1S/C25H26F2N6O2/c1-15-11-20(35-2)23(27)24(22(15)26)32(13-21-29-9-10-30-21)17-3-4-19-18(12-17)25(34)33(14-31-19)16-5-7-28-8-6-16/h3-4,9-12,14,16,28H,5-8,13H2,1-2H3,(H,29,30). The molecule has 0 spiro atoms. The average Bonchev–Trinajstić information content (AvgIpc) is 3.40. The third kappa shape index (κ3) is 4.25. The number of nitrogens with zero attached hydrogens (tertiary/aromatic N) is 4. The Morgan fingerprint density at radius 2 is 1.97 bits per heavy atom. The topological polar surface area (TPSA) is 88.1 Å². The molecule has 8 nitrogen and oxygen atoms in total. The van der Waals surface area contributed by atoms with Gasteiger partial charge in [0, 0.05) is 24.1 Å². The maximum Gasteiger partial charge on any atom is 0.261 e. The monoisotopic (exact) mass is 480 g/mol. The van der Waals surface area contributed by atoms with E-state index in [4.69, 9.17) is 4.74 Å². The Morgan fingerprint density at radius 1 is 1.17 bits per heavy atom. The first-order valence-electron chi connectivity index (χ1n) is 11.5. The highest BCUT2D eigenvalue weighted by atomic mass is 19.1. The van der Waals surface area contributed by atoms with Gasteiger partial charge in [0.15, 0.2) is 17.4 Å². The number of ether oxygens (including phenoxy) is 1. The molecule has 0 aliphatic carbocycles. The molecule has 1 aliphatic rings. The van der Waals surface area contributed by atoms with E-state index in [1.165, 1.54) is 18.1 Å². The van der Waals surface area contributed by atoms with Gasteiger partial charge in [-0.3, -0.25) is 9.36 Å². The van der Waals surface area contributed by atoms with Gasteiger partial charge < -0.3 is 19.9 Å². The third-order valence-electron chi connectivity index (χ3n) is 6.46. The van der Waals surface area contributed by atoms with E-state index in [1.807, 2.05) is 0 Å². The van der Waals surface area contributed by atoms with Crippen LogP contribution in [0.2, 0.25) is 0 Å². The van der Waals surface area contributed by atoms with Crippen molar-refractivity contribution in [2.24, 2.45) is 0 Å². The lowest BCUT2D eigenvalue weighted by atomic mass is 10.1. The summed E-state index contributed by atoms with van der Waals surface area (Å²) >= 11 is 0. The van der Waals surface area contributed by atoms with Gasteiger partial charge in [-0.15, -0.1) is 0 Å². The maximum absolute atomic E-state index is 15.5.